The third kappa shape index (κ3) is 4.47. The first-order chi connectivity index (χ1) is 7.33. The molecular weight excluding hydrogens is 210 g/mol. The van der Waals surface area contributed by atoms with Crippen molar-refractivity contribution in [3.8, 4) is 18.4 Å². The average molecular weight is 223 g/mol. The van der Waals surface area contributed by atoms with E-state index >= 15 is 0 Å². The number of ether oxygens (including phenoxy) is 1. The Balaban J connectivity index is 4.37. The highest BCUT2D eigenvalue weighted by Crippen LogP contribution is 2.22. The maximum absolute atomic E-state index is 11.2. The van der Waals surface area contributed by atoms with Gasteiger partial charge >= 0.3 is 11.9 Å². The fourth-order valence-electron chi connectivity index (χ4n) is 0.848. The Morgan fingerprint density at radius 3 is 2.44 bits per heavy atom. The molecule has 0 rings (SSSR count). The van der Waals surface area contributed by atoms with Crippen LogP contribution in [0.3, 0.4) is 0 Å². The molecule has 0 aliphatic heterocycles. The number of carboxylic acid groups (broad SMARTS) is 1. The number of hydrogen-bond acceptors (Lipinski definition) is 4. The molecule has 5 heteroatoms. The second-order valence-electron chi connectivity index (χ2n) is 3.76. The molecule has 0 spiro atoms. The molecule has 0 fully saturated rings. The molecule has 0 aliphatic carbocycles. The fraction of sp³-hybridized carbons (Fsp3) is 0.545. The smallest absolute Gasteiger partial charge is 0.307 e. The standard InChI is InChI=1S/C11H13NO4/c1-4-8(11(2,3)7-12)16-10(15)6-5-9(13)14/h1,8H,5-6H2,2-3H3,(H,13,14). The van der Waals surface area contributed by atoms with Gasteiger partial charge in [0.25, 0.3) is 0 Å². The maximum Gasteiger partial charge on any atom is 0.307 e. The minimum atomic E-state index is -1.09. The molecule has 1 N–H and O–H groups in total. The fourth-order valence-corrected chi connectivity index (χ4v) is 0.848. The highest BCUT2D eigenvalue weighted by atomic mass is 16.5. The van der Waals surface area contributed by atoms with Gasteiger partial charge in [-0.05, 0) is 13.8 Å². The van der Waals surface area contributed by atoms with Crippen molar-refractivity contribution in [3.05, 3.63) is 0 Å². The van der Waals surface area contributed by atoms with E-state index in [0.29, 0.717) is 0 Å². The third-order valence-electron chi connectivity index (χ3n) is 1.89. The number of nitrogens with zero attached hydrogens (tertiary/aromatic N) is 1. The van der Waals surface area contributed by atoms with Gasteiger partial charge in [-0.1, -0.05) is 5.92 Å². The highest BCUT2D eigenvalue weighted by molar-refractivity contribution is 5.76. The summed E-state index contributed by atoms with van der Waals surface area (Å²) >= 11 is 0. The first kappa shape index (κ1) is 14.0. The van der Waals surface area contributed by atoms with Crippen molar-refractivity contribution in [1.29, 1.82) is 5.26 Å². The van der Waals surface area contributed by atoms with Gasteiger partial charge in [-0.2, -0.15) is 5.26 Å². The molecule has 86 valence electrons. The van der Waals surface area contributed by atoms with E-state index in [0.717, 1.165) is 0 Å². The number of carbonyl (C=O) groups excluding carboxylic acids is 1. The zero-order valence-electron chi connectivity index (χ0n) is 9.19. The van der Waals surface area contributed by atoms with Crippen LogP contribution in [0.4, 0.5) is 0 Å². The number of hydrogen-bond donors (Lipinski definition) is 1. The number of esters is 1. The number of carboxylic acids is 1. The van der Waals surface area contributed by atoms with Crippen molar-refractivity contribution in [1.82, 2.24) is 0 Å². The summed E-state index contributed by atoms with van der Waals surface area (Å²) in [6.45, 7) is 3.09. The molecule has 5 nitrogen and oxygen atoms in total. The van der Waals surface area contributed by atoms with Crippen molar-refractivity contribution in [3.63, 3.8) is 0 Å². The molecule has 0 amide bonds. The summed E-state index contributed by atoms with van der Waals surface area (Å²) in [6.07, 6.45) is 3.60. The molecule has 0 radical (unpaired) electrons. The Bertz CT molecular complexity index is 359. The minimum absolute atomic E-state index is 0.255. The minimum Gasteiger partial charge on any atom is -0.481 e. The van der Waals surface area contributed by atoms with Gasteiger partial charge < -0.3 is 9.84 Å². The van der Waals surface area contributed by atoms with Crippen molar-refractivity contribution < 1.29 is 19.4 Å². The summed E-state index contributed by atoms with van der Waals surface area (Å²) in [4.78, 5) is 21.4. The number of nitriles is 1. The van der Waals surface area contributed by atoms with E-state index < -0.39 is 23.5 Å². The number of aliphatic carboxylic acids is 1. The molecule has 0 aromatic carbocycles. The summed E-state index contributed by atoms with van der Waals surface area (Å²) in [7, 11) is 0. The first-order valence-corrected chi connectivity index (χ1v) is 4.62. The van der Waals surface area contributed by atoms with Crippen molar-refractivity contribution >= 4 is 11.9 Å². The van der Waals surface area contributed by atoms with E-state index in [9.17, 15) is 9.59 Å². The van der Waals surface area contributed by atoms with Gasteiger partial charge in [0, 0.05) is 0 Å². The molecular formula is C11H13NO4. The Kier molecular flexibility index (Phi) is 5.05. The Labute approximate surface area is 94.0 Å². The summed E-state index contributed by atoms with van der Waals surface area (Å²) in [6, 6.07) is 1.93. The first-order valence-electron chi connectivity index (χ1n) is 4.62. The van der Waals surface area contributed by atoms with E-state index in [-0.39, 0.29) is 12.8 Å². The van der Waals surface area contributed by atoms with Crippen LogP contribution in [0, 0.1) is 29.1 Å². The lowest BCUT2D eigenvalue weighted by Crippen LogP contribution is -2.31. The van der Waals surface area contributed by atoms with E-state index in [4.69, 9.17) is 21.5 Å². The highest BCUT2D eigenvalue weighted by Gasteiger charge is 2.31. The van der Waals surface area contributed by atoms with Crippen molar-refractivity contribution in [2.24, 2.45) is 5.41 Å². The topological polar surface area (TPSA) is 87.4 Å². The molecule has 0 bridgehead atoms. The lowest BCUT2D eigenvalue weighted by molar-refractivity contribution is -0.152. The van der Waals surface area contributed by atoms with E-state index in [1.54, 1.807) is 13.8 Å². The molecule has 0 aromatic rings. The van der Waals surface area contributed by atoms with Gasteiger partial charge in [0.1, 0.15) is 5.41 Å². The molecule has 16 heavy (non-hydrogen) atoms. The Morgan fingerprint density at radius 2 is 2.06 bits per heavy atom. The van der Waals surface area contributed by atoms with Crippen LogP contribution in [0.5, 0.6) is 0 Å². The summed E-state index contributed by atoms with van der Waals surface area (Å²) in [5, 5.41) is 17.2. The van der Waals surface area contributed by atoms with Gasteiger partial charge in [0.05, 0.1) is 18.9 Å². The maximum atomic E-state index is 11.2. The third-order valence-corrected chi connectivity index (χ3v) is 1.89. The van der Waals surface area contributed by atoms with Crippen LogP contribution in [0.25, 0.3) is 0 Å². The number of rotatable bonds is 5. The monoisotopic (exact) mass is 223 g/mol. The Hall–Kier alpha value is -2.01. The summed E-state index contributed by atoms with van der Waals surface area (Å²) in [5.41, 5.74) is -0.992. The second kappa shape index (κ2) is 5.77. The van der Waals surface area contributed by atoms with Crippen molar-refractivity contribution in [2.75, 3.05) is 0 Å². The number of terminal acetylenes is 1. The number of carbonyl (C=O) groups is 2. The Morgan fingerprint density at radius 1 is 1.50 bits per heavy atom. The quantitative estimate of drug-likeness (QED) is 0.553. The second-order valence-corrected chi connectivity index (χ2v) is 3.76. The normalized spacial score (nSPS) is 12.0. The van der Waals surface area contributed by atoms with Crippen LogP contribution in [0.2, 0.25) is 0 Å². The van der Waals surface area contributed by atoms with Crippen LogP contribution >= 0.6 is 0 Å². The van der Waals surface area contributed by atoms with Gasteiger partial charge in [0.15, 0.2) is 6.10 Å². The van der Waals surface area contributed by atoms with E-state index in [2.05, 4.69) is 5.92 Å². The van der Waals surface area contributed by atoms with E-state index in [1.807, 2.05) is 6.07 Å². The molecule has 0 heterocycles. The summed E-state index contributed by atoms with van der Waals surface area (Å²) in [5.74, 6) is 0.396. The average Bonchev–Trinajstić information content (AvgIpc) is 2.22. The largest absolute Gasteiger partial charge is 0.481 e. The van der Waals surface area contributed by atoms with Crippen LogP contribution in [0.15, 0.2) is 0 Å². The van der Waals surface area contributed by atoms with Crippen LogP contribution < -0.4 is 0 Å². The molecule has 0 saturated carbocycles. The van der Waals surface area contributed by atoms with Gasteiger partial charge in [-0.25, -0.2) is 0 Å². The van der Waals surface area contributed by atoms with Crippen LogP contribution in [0.1, 0.15) is 26.7 Å². The SMILES string of the molecule is C#CC(OC(=O)CCC(=O)O)C(C)(C)C#N. The molecule has 0 aromatic heterocycles. The predicted octanol–water partition coefficient (Wildman–Crippen LogP) is 0.946. The predicted molar refractivity (Wildman–Crippen MR) is 55.0 cm³/mol. The molecule has 0 aliphatic rings. The zero-order chi connectivity index (χ0) is 12.8. The lowest BCUT2D eigenvalue weighted by Gasteiger charge is -2.22. The summed E-state index contributed by atoms with van der Waals surface area (Å²) < 4.78 is 4.84. The molecule has 1 atom stereocenters. The van der Waals surface area contributed by atoms with Gasteiger partial charge in [-0.15, -0.1) is 6.42 Å². The van der Waals surface area contributed by atoms with Crippen LogP contribution in [-0.4, -0.2) is 23.1 Å². The molecule has 1 unspecified atom stereocenters. The van der Waals surface area contributed by atoms with Gasteiger partial charge in [0.2, 0.25) is 0 Å². The van der Waals surface area contributed by atoms with Crippen LogP contribution in [-0.2, 0) is 14.3 Å². The van der Waals surface area contributed by atoms with E-state index in [1.165, 1.54) is 0 Å². The molecule has 0 saturated heterocycles. The zero-order valence-corrected chi connectivity index (χ0v) is 9.19. The lowest BCUT2D eigenvalue weighted by atomic mass is 9.89. The van der Waals surface area contributed by atoms with Gasteiger partial charge in [-0.3, -0.25) is 9.59 Å². The van der Waals surface area contributed by atoms with Crippen molar-refractivity contribution in [2.45, 2.75) is 32.8 Å².